The number of pyridine rings is 1. The average molecular weight is 407 g/mol. The number of methoxy groups -OCH3 is 1. The van der Waals surface area contributed by atoms with Gasteiger partial charge in [0.2, 0.25) is 0 Å². The summed E-state index contributed by atoms with van der Waals surface area (Å²) in [6.45, 7) is 0.419. The van der Waals surface area contributed by atoms with Crippen LogP contribution < -0.4 is 10.6 Å². The Morgan fingerprint density at radius 2 is 1.97 bits per heavy atom. The minimum absolute atomic E-state index is 0.309. The van der Waals surface area contributed by atoms with Crippen molar-refractivity contribution in [3.05, 3.63) is 54.0 Å². The number of rotatable bonds is 6. The van der Waals surface area contributed by atoms with Gasteiger partial charge in [0.25, 0.3) is 0 Å². The van der Waals surface area contributed by atoms with E-state index >= 15 is 0 Å². The summed E-state index contributed by atoms with van der Waals surface area (Å²) in [7, 11) is 1.31. The first-order valence-corrected chi connectivity index (χ1v) is 10.2. The van der Waals surface area contributed by atoms with Crippen LogP contribution in [-0.2, 0) is 11.2 Å². The molecule has 8 heteroatoms. The van der Waals surface area contributed by atoms with Crippen LogP contribution in [0.5, 0.6) is 0 Å². The van der Waals surface area contributed by atoms with Gasteiger partial charge in [-0.25, -0.2) is 19.6 Å². The lowest BCUT2D eigenvalue weighted by Crippen LogP contribution is -2.31. The number of urea groups is 1. The molecular weight excluding hydrogens is 382 g/mol. The maximum atomic E-state index is 12.4. The Morgan fingerprint density at radius 3 is 2.77 bits per heavy atom. The van der Waals surface area contributed by atoms with E-state index in [1.165, 1.54) is 20.0 Å². The molecule has 0 bridgehead atoms. The summed E-state index contributed by atoms with van der Waals surface area (Å²) in [6, 6.07) is 10.6. The number of fused-ring (bicyclic) bond motifs is 1. The molecule has 1 fully saturated rings. The molecule has 4 rings (SSSR count). The summed E-state index contributed by atoms with van der Waals surface area (Å²) in [4.78, 5) is 33.5. The number of hydrogen-bond acceptors (Lipinski definition) is 5. The molecule has 2 amide bonds. The summed E-state index contributed by atoms with van der Waals surface area (Å²) < 4.78 is 7.01. The number of nitrogens with zero attached hydrogens (tertiary/aromatic N) is 3. The molecule has 1 aliphatic carbocycles. The highest BCUT2D eigenvalue weighted by atomic mass is 16.5. The van der Waals surface area contributed by atoms with Crippen LogP contribution >= 0.6 is 0 Å². The predicted octanol–water partition coefficient (Wildman–Crippen LogP) is 3.70. The molecule has 1 aromatic carbocycles. The number of carbonyl (C=O) groups excluding carboxylic acids is 2. The Bertz CT molecular complexity index is 1060. The number of anilines is 1. The minimum Gasteiger partial charge on any atom is -0.465 e. The SMILES string of the molecule is COC(=O)c1ccccc1NC(=O)NCCc1nc2cccnc2n1C1CCCC1. The van der Waals surface area contributed by atoms with Gasteiger partial charge in [-0.2, -0.15) is 0 Å². The second-order valence-corrected chi connectivity index (χ2v) is 7.35. The van der Waals surface area contributed by atoms with Crippen molar-refractivity contribution in [3.63, 3.8) is 0 Å². The molecule has 1 saturated carbocycles. The van der Waals surface area contributed by atoms with Gasteiger partial charge in [0.1, 0.15) is 11.3 Å². The molecule has 1 aliphatic rings. The summed E-state index contributed by atoms with van der Waals surface area (Å²) in [6.07, 6.45) is 7.09. The first-order valence-electron chi connectivity index (χ1n) is 10.2. The monoisotopic (exact) mass is 407 g/mol. The van der Waals surface area contributed by atoms with E-state index in [1.807, 2.05) is 12.1 Å². The van der Waals surface area contributed by atoms with Gasteiger partial charge in [0.05, 0.1) is 18.4 Å². The van der Waals surface area contributed by atoms with Crippen LogP contribution in [0.3, 0.4) is 0 Å². The molecular formula is C22H25N5O3. The van der Waals surface area contributed by atoms with Gasteiger partial charge in [-0.1, -0.05) is 25.0 Å². The van der Waals surface area contributed by atoms with Gasteiger partial charge in [-0.05, 0) is 37.1 Å². The molecule has 2 N–H and O–H groups in total. The zero-order chi connectivity index (χ0) is 20.9. The number of para-hydroxylation sites is 1. The van der Waals surface area contributed by atoms with E-state index in [1.54, 1.807) is 30.5 Å². The quantitative estimate of drug-likeness (QED) is 0.607. The molecule has 156 valence electrons. The third kappa shape index (κ3) is 4.12. The van der Waals surface area contributed by atoms with E-state index in [-0.39, 0.29) is 6.03 Å². The number of benzene rings is 1. The van der Waals surface area contributed by atoms with Gasteiger partial charge >= 0.3 is 12.0 Å². The standard InChI is InChI=1S/C22H25N5O3/c1-30-21(28)16-9-4-5-10-17(16)26-22(29)24-14-12-19-25-18-11-6-13-23-20(18)27(19)15-7-2-3-8-15/h4-6,9-11,13,15H,2-3,7-8,12,14H2,1H3,(H2,24,26,29). The van der Waals surface area contributed by atoms with Gasteiger partial charge < -0.3 is 19.9 Å². The van der Waals surface area contributed by atoms with Gasteiger partial charge in [0.15, 0.2) is 5.65 Å². The third-order valence-electron chi connectivity index (χ3n) is 5.43. The van der Waals surface area contributed by atoms with Crippen molar-refractivity contribution in [2.24, 2.45) is 0 Å². The van der Waals surface area contributed by atoms with Gasteiger partial charge in [-0.15, -0.1) is 0 Å². The number of carbonyl (C=O) groups is 2. The predicted molar refractivity (Wildman–Crippen MR) is 114 cm³/mol. The van der Waals surface area contributed by atoms with Crippen molar-refractivity contribution < 1.29 is 14.3 Å². The maximum Gasteiger partial charge on any atom is 0.339 e. The van der Waals surface area contributed by atoms with Crippen LogP contribution in [0, 0.1) is 0 Å². The van der Waals surface area contributed by atoms with Crippen LogP contribution in [0.4, 0.5) is 10.5 Å². The summed E-state index contributed by atoms with van der Waals surface area (Å²) in [5.74, 6) is 0.439. The van der Waals surface area contributed by atoms with Crippen molar-refractivity contribution in [3.8, 4) is 0 Å². The number of imidazole rings is 1. The van der Waals surface area contributed by atoms with Gasteiger partial charge in [-0.3, -0.25) is 0 Å². The van der Waals surface area contributed by atoms with E-state index in [2.05, 4.69) is 20.2 Å². The number of esters is 1. The van der Waals surface area contributed by atoms with Crippen molar-refractivity contribution >= 4 is 28.9 Å². The zero-order valence-electron chi connectivity index (χ0n) is 16.9. The van der Waals surface area contributed by atoms with E-state index in [0.717, 1.165) is 29.8 Å². The molecule has 0 atom stereocenters. The second-order valence-electron chi connectivity index (χ2n) is 7.35. The Hall–Kier alpha value is -3.42. The zero-order valence-corrected chi connectivity index (χ0v) is 16.9. The van der Waals surface area contributed by atoms with Crippen LogP contribution in [-0.4, -0.2) is 40.2 Å². The Morgan fingerprint density at radius 1 is 1.17 bits per heavy atom. The van der Waals surface area contributed by atoms with Crippen molar-refractivity contribution in [1.82, 2.24) is 19.9 Å². The first kappa shape index (κ1) is 19.9. The topological polar surface area (TPSA) is 98.1 Å². The number of amides is 2. The van der Waals surface area contributed by atoms with Crippen molar-refractivity contribution in [2.75, 3.05) is 19.0 Å². The summed E-state index contributed by atoms with van der Waals surface area (Å²) in [5.41, 5.74) is 2.51. The van der Waals surface area contributed by atoms with Crippen LogP contribution in [0.15, 0.2) is 42.6 Å². The molecule has 3 aromatic rings. The molecule has 2 aromatic heterocycles. The lowest BCUT2D eigenvalue weighted by molar-refractivity contribution is 0.0602. The normalized spacial score (nSPS) is 14.0. The summed E-state index contributed by atoms with van der Waals surface area (Å²) >= 11 is 0. The first-order chi connectivity index (χ1) is 14.7. The van der Waals surface area contributed by atoms with Crippen LogP contribution in [0.2, 0.25) is 0 Å². The minimum atomic E-state index is -0.497. The highest BCUT2D eigenvalue weighted by Gasteiger charge is 2.23. The highest BCUT2D eigenvalue weighted by molar-refractivity contribution is 6.00. The smallest absolute Gasteiger partial charge is 0.339 e. The Labute approximate surface area is 174 Å². The largest absolute Gasteiger partial charge is 0.465 e. The number of hydrogen-bond donors (Lipinski definition) is 2. The lowest BCUT2D eigenvalue weighted by atomic mass is 10.2. The molecule has 30 heavy (non-hydrogen) atoms. The average Bonchev–Trinajstić information content (AvgIpc) is 3.40. The fourth-order valence-corrected chi connectivity index (χ4v) is 4.03. The van der Waals surface area contributed by atoms with Crippen molar-refractivity contribution in [2.45, 2.75) is 38.1 Å². The van der Waals surface area contributed by atoms with E-state index < -0.39 is 5.97 Å². The number of ether oxygens (including phenoxy) is 1. The molecule has 0 spiro atoms. The highest BCUT2D eigenvalue weighted by Crippen LogP contribution is 2.33. The van der Waals surface area contributed by atoms with E-state index in [0.29, 0.717) is 30.3 Å². The number of aromatic nitrogens is 3. The summed E-state index contributed by atoms with van der Waals surface area (Å²) in [5, 5.41) is 5.57. The Kier molecular flexibility index (Phi) is 5.92. The third-order valence-corrected chi connectivity index (χ3v) is 5.43. The van der Waals surface area contributed by atoms with E-state index in [9.17, 15) is 9.59 Å². The molecule has 0 saturated heterocycles. The van der Waals surface area contributed by atoms with Crippen molar-refractivity contribution in [1.29, 1.82) is 0 Å². The fourth-order valence-electron chi connectivity index (χ4n) is 4.03. The molecule has 0 radical (unpaired) electrons. The molecule has 8 nitrogen and oxygen atoms in total. The second kappa shape index (κ2) is 8.94. The molecule has 0 aliphatic heterocycles. The maximum absolute atomic E-state index is 12.4. The number of nitrogens with one attached hydrogen (secondary N) is 2. The van der Waals surface area contributed by atoms with Gasteiger partial charge in [0, 0.05) is 25.2 Å². The lowest BCUT2D eigenvalue weighted by Gasteiger charge is -2.16. The van der Waals surface area contributed by atoms with Crippen LogP contribution in [0.1, 0.15) is 47.9 Å². The van der Waals surface area contributed by atoms with Crippen LogP contribution in [0.25, 0.3) is 11.2 Å². The van der Waals surface area contributed by atoms with E-state index in [4.69, 9.17) is 9.72 Å². The molecule has 2 heterocycles. The molecule has 0 unspecified atom stereocenters. The Balaban J connectivity index is 1.43. The fraction of sp³-hybridized carbons (Fsp3) is 0.364.